The van der Waals surface area contributed by atoms with Gasteiger partial charge in [-0.1, -0.05) is 54.6 Å². The van der Waals surface area contributed by atoms with E-state index in [-0.39, 0.29) is 24.0 Å². The Morgan fingerprint density at radius 3 is 2.42 bits per heavy atom. The number of aliphatic imine (C=N–C) groups is 1. The third-order valence-electron chi connectivity index (χ3n) is 5.59. The van der Waals surface area contributed by atoms with Gasteiger partial charge in [-0.15, -0.1) is 24.0 Å². The van der Waals surface area contributed by atoms with Crippen LogP contribution in [0.2, 0.25) is 0 Å². The fourth-order valence-corrected chi connectivity index (χ4v) is 3.50. The Morgan fingerprint density at radius 1 is 1.03 bits per heavy atom. The lowest BCUT2D eigenvalue weighted by Crippen LogP contribution is -2.40. The van der Waals surface area contributed by atoms with Crippen LogP contribution < -0.4 is 10.6 Å². The van der Waals surface area contributed by atoms with Crippen LogP contribution >= 0.6 is 24.0 Å². The lowest BCUT2D eigenvalue weighted by Gasteiger charge is -2.25. The summed E-state index contributed by atoms with van der Waals surface area (Å²) in [5.41, 5.74) is 3.81. The van der Waals surface area contributed by atoms with Crippen molar-refractivity contribution in [3.63, 3.8) is 0 Å². The summed E-state index contributed by atoms with van der Waals surface area (Å²) in [5, 5.41) is 6.84. The van der Waals surface area contributed by atoms with Crippen molar-refractivity contribution in [3.8, 4) is 0 Å². The highest BCUT2D eigenvalue weighted by Gasteiger charge is 2.10. The van der Waals surface area contributed by atoms with Crippen molar-refractivity contribution in [1.82, 2.24) is 25.1 Å². The number of guanidine groups is 1. The second kappa shape index (κ2) is 14.7. The molecule has 3 aromatic rings. The number of imidazole rings is 1. The summed E-state index contributed by atoms with van der Waals surface area (Å²) in [7, 11) is 2.19. The average molecular weight is 561 g/mol. The summed E-state index contributed by atoms with van der Waals surface area (Å²) in [4.78, 5) is 11.3. The third kappa shape index (κ3) is 9.55. The first-order valence-electron chi connectivity index (χ1n) is 11.4. The summed E-state index contributed by atoms with van der Waals surface area (Å²) in [6.07, 6.45) is 6.68. The summed E-state index contributed by atoms with van der Waals surface area (Å²) in [5.74, 6) is 0.868. The molecule has 0 spiro atoms. The van der Waals surface area contributed by atoms with Gasteiger partial charge in [0.25, 0.3) is 0 Å². The van der Waals surface area contributed by atoms with E-state index in [0.717, 1.165) is 38.6 Å². The maximum atomic E-state index is 4.76. The van der Waals surface area contributed by atoms with E-state index in [9.17, 15) is 0 Å². The van der Waals surface area contributed by atoms with Crippen LogP contribution in [0.1, 0.15) is 37.0 Å². The molecule has 0 bridgehead atoms. The van der Waals surface area contributed by atoms with Gasteiger partial charge in [0, 0.05) is 44.6 Å². The third-order valence-corrected chi connectivity index (χ3v) is 5.59. The maximum Gasteiger partial charge on any atom is 0.191 e. The van der Waals surface area contributed by atoms with Crippen molar-refractivity contribution >= 4 is 29.9 Å². The molecule has 0 saturated carbocycles. The van der Waals surface area contributed by atoms with E-state index in [1.807, 2.05) is 12.5 Å². The zero-order valence-corrected chi connectivity index (χ0v) is 22.3. The molecule has 178 valence electrons. The van der Waals surface area contributed by atoms with E-state index in [4.69, 9.17) is 4.99 Å². The van der Waals surface area contributed by atoms with Gasteiger partial charge in [0.1, 0.15) is 0 Å². The average Bonchev–Trinajstić information content (AvgIpc) is 3.32. The van der Waals surface area contributed by atoms with E-state index >= 15 is 0 Å². The molecule has 6 nitrogen and oxygen atoms in total. The Balaban J connectivity index is 0.00000385. The molecule has 3 rings (SSSR count). The predicted molar refractivity (Wildman–Crippen MR) is 148 cm³/mol. The van der Waals surface area contributed by atoms with Crippen LogP contribution in [-0.4, -0.2) is 46.6 Å². The van der Waals surface area contributed by atoms with Crippen molar-refractivity contribution in [2.24, 2.45) is 4.99 Å². The van der Waals surface area contributed by atoms with E-state index in [0.29, 0.717) is 12.6 Å². The topological polar surface area (TPSA) is 57.5 Å². The minimum absolute atomic E-state index is 0. The molecule has 33 heavy (non-hydrogen) atoms. The van der Waals surface area contributed by atoms with E-state index in [1.165, 1.54) is 16.7 Å². The molecule has 1 heterocycles. The summed E-state index contributed by atoms with van der Waals surface area (Å²) < 4.78 is 2.07. The van der Waals surface area contributed by atoms with Crippen LogP contribution in [0, 0.1) is 0 Å². The molecule has 7 heteroatoms. The van der Waals surface area contributed by atoms with Crippen LogP contribution in [0.3, 0.4) is 0 Å². The molecule has 0 aliphatic heterocycles. The molecule has 1 atom stereocenters. The number of nitrogens with one attached hydrogen (secondary N) is 2. The highest BCUT2D eigenvalue weighted by Crippen LogP contribution is 2.09. The van der Waals surface area contributed by atoms with Gasteiger partial charge in [-0.25, -0.2) is 9.98 Å². The van der Waals surface area contributed by atoms with Crippen LogP contribution in [-0.2, 0) is 19.6 Å². The molecule has 1 unspecified atom stereocenters. The van der Waals surface area contributed by atoms with Crippen molar-refractivity contribution in [1.29, 1.82) is 0 Å². The smallest absolute Gasteiger partial charge is 0.191 e. The van der Waals surface area contributed by atoms with Crippen molar-refractivity contribution < 1.29 is 0 Å². The van der Waals surface area contributed by atoms with Gasteiger partial charge in [-0.05, 0) is 44.0 Å². The highest BCUT2D eigenvalue weighted by molar-refractivity contribution is 14.0. The van der Waals surface area contributed by atoms with Gasteiger partial charge in [-0.3, -0.25) is 4.90 Å². The SMILES string of the molecule is CCNC(=NCc1ccc(Cn2ccnc2)cc1)NCCC(C)N(C)Cc1ccccc1.I. The number of benzene rings is 2. The van der Waals surface area contributed by atoms with Gasteiger partial charge in [0.2, 0.25) is 0 Å². The molecule has 0 aliphatic rings. The lowest BCUT2D eigenvalue weighted by molar-refractivity contribution is 0.238. The number of aromatic nitrogens is 2. The van der Waals surface area contributed by atoms with E-state index in [1.54, 1.807) is 6.20 Å². The normalized spacial score (nSPS) is 12.3. The lowest BCUT2D eigenvalue weighted by atomic mass is 10.1. The molecule has 0 aliphatic carbocycles. The summed E-state index contributed by atoms with van der Waals surface area (Å²) in [6.45, 7) is 8.56. The maximum absolute atomic E-state index is 4.76. The van der Waals surface area contributed by atoms with Crippen LogP contribution in [0.25, 0.3) is 0 Å². The molecule has 0 fully saturated rings. The van der Waals surface area contributed by atoms with E-state index in [2.05, 4.69) is 101 Å². The molecule has 2 N–H and O–H groups in total. The molecule has 0 saturated heterocycles. The number of halogens is 1. The van der Waals surface area contributed by atoms with Crippen LogP contribution in [0.5, 0.6) is 0 Å². The van der Waals surface area contributed by atoms with Crippen LogP contribution in [0.15, 0.2) is 78.3 Å². The largest absolute Gasteiger partial charge is 0.357 e. The van der Waals surface area contributed by atoms with Crippen molar-refractivity contribution in [2.45, 2.75) is 45.9 Å². The van der Waals surface area contributed by atoms with Gasteiger partial charge in [-0.2, -0.15) is 0 Å². The minimum Gasteiger partial charge on any atom is -0.357 e. The number of hydrogen-bond acceptors (Lipinski definition) is 3. The first-order chi connectivity index (χ1) is 15.6. The fourth-order valence-electron chi connectivity index (χ4n) is 3.50. The predicted octanol–water partition coefficient (Wildman–Crippen LogP) is 4.52. The minimum atomic E-state index is 0. The molecular formula is C26H37IN6. The number of hydrogen-bond donors (Lipinski definition) is 2. The summed E-state index contributed by atoms with van der Waals surface area (Å²) >= 11 is 0. The molecule has 1 aromatic heterocycles. The van der Waals surface area contributed by atoms with Gasteiger partial charge < -0.3 is 15.2 Å². The zero-order valence-electron chi connectivity index (χ0n) is 19.9. The zero-order chi connectivity index (χ0) is 22.6. The monoisotopic (exact) mass is 560 g/mol. The van der Waals surface area contributed by atoms with Crippen LogP contribution in [0.4, 0.5) is 0 Å². The van der Waals surface area contributed by atoms with Crippen molar-refractivity contribution in [2.75, 3.05) is 20.1 Å². The number of nitrogens with zero attached hydrogens (tertiary/aromatic N) is 4. The Kier molecular flexibility index (Phi) is 12.0. The Hall–Kier alpha value is -2.39. The Morgan fingerprint density at radius 2 is 1.76 bits per heavy atom. The standard InChI is InChI=1S/C26H36N6.HI/c1-4-28-26(29-15-14-22(2)31(3)19-24-8-6-5-7-9-24)30-18-23-10-12-25(13-11-23)20-32-17-16-27-21-32;/h5-13,16-17,21-22H,4,14-15,18-20H2,1-3H3,(H2,28,29,30);1H. The molecular weight excluding hydrogens is 523 g/mol. The van der Waals surface area contributed by atoms with Gasteiger partial charge in [0.15, 0.2) is 5.96 Å². The quantitative estimate of drug-likeness (QED) is 0.206. The second-order valence-corrected chi connectivity index (χ2v) is 8.21. The highest BCUT2D eigenvalue weighted by atomic mass is 127. The van der Waals surface area contributed by atoms with Gasteiger partial charge >= 0.3 is 0 Å². The van der Waals surface area contributed by atoms with Crippen molar-refractivity contribution in [3.05, 3.63) is 90.0 Å². The van der Waals surface area contributed by atoms with E-state index < -0.39 is 0 Å². The first kappa shape index (κ1) is 26.9. The fraction of sp³-hybridized carbons (Fsp3) is 0.385. The molecule has 2 aromatic carbocycles. The molecule has 0 amide bonds. The molecule has 0 radical (unpaired) electrons. The number of rotatable bonds is 11. The van der Waals surface area contributed by atoms with Gasteiger partial charge in [0.05, 0.1) is 12.9 Å². The second-order valence-electron chi connectivity index (χ2n) is 8.21. The summed E-state index contributed by atoms with van der Waals surface area (Å²) in [6, 6.07) is 19.7. The Bertz CT molecular complexity index is 925. The Labute approximate surface area is 215 Å². The first-order valence-corrected chi connectivity index (χ1v) is 11.4.